The maximum absolute atomic E-state index is 11.8. The summed E-state index contributed by atoms with van der Waals surface area (Å²) in [5, 5.41) is 11.4. The van der Waals surface area contributed by atoms with Crippen LogP contribution in [0.2, 0.25) is 0 Å². The van der Waals surface area contributed by atoms with Gasteiger partial charge in [0.1, 0.15) is 6.04 Å². The number of amides is 3. The Hall–Kier alpha value is -2.96. The van der Waals surface area contributed by atoms with Crippen molar-refractivity contribution < 1.29 is 19.4 Å². The average Bonchev–Trinajstić information content (AvgIpc) is 2.41. The maximum atomic E-state index is 11.8. The van der Waals surface area contributed by atoms with E-state index in [0.29, 0.717) is 6.42 Å². The third-order valence-corrected chi connectivity index (χ3v) is 2.56. The first kappa shape index (κ1) is 20.0. The second-order valence-corrected chi connectivity index (χ2v) is 4.52. The van der Waals surface area contributed by atoms with Crippen molar-refractivity contribution in [3.63, 3.8) is 0 Å². The Morgan fingerprint density at radius 1 is 1.22 bits per heavy atom. The van der Waals surface area contributed by atoms with Crippen molar-refractivity contribution in [3.8, 4) is 0 Å². The summed E-state index contributed by atoms with van der Waals surface area (Å²) in [6.45, 7) is 0.105. The van der Waals surface area contributed by atoms with Gasteiger partial charge in [-0.05, 0) is 12.8 Å². The molecule has 23 heavy (non-hydrogen) atoms. The van der Waals surface area contributed by atoms with Gasteiger partial charge in [-0.15, -0.1) is 0 Å². The normalized spacial score (nSPS) is 13.7. The van der Waals surface area contributed by atoms with Gasteiger partial charge in [0.2, 0.25) is 17.7 Å². The molecule has 10 N–H and O–H groups in total. The van der Waals surface area contributed by atoms with Crippen LogP contribution in [0.1, 0.15) is 19.3 Å². The molecule has 0 saturated carbocycles. The molecule has 130 valence electrons. The predicted octanol–water partition coefficient (Wildman–Crippen LogP) is -3.96. The number of nitrogens with zero attached hydrogens (tertiary/aromatic N) is 2. The van der Waals surface area contributed by atoms with Crippen molar-refractivity contribution in [2.45, 2.75) is 31.3 Å². The lowest BCUT2D eigenvalue weighted by molar-refractivity contribution is -0.525. The molecule has 0 radical (unpaired) electrons. The maximum Gasteiger partial charge on any atom is 0.251 e. The highest BCUT2D eigenvalue weighted by atomic mass is 16.7. The van der Waals surface area contributed by atoms with E-state index < -0.39 is 41.3 Å². The Bertz CT molecular complexity index is 494. The van der Waals surface area contributed by atoms with E-state index in [2.05, 4.69) is 10.3 Å². The van der Waals surface area contributed by atoms with Gasteiger partial charge >= 0.3 is 0 Å². The number of hydrogen-bond acceptors (Lipinski definition) is 7. The summed E-state index contributed by atoms with van der Waals surface area (Å²) in [5.74, 6) is -2.77. The molecule has 0 aromatic heterocycles. The summed E-state index contributed by atoms with van der Waals surface area (Å²) in [5.41, 5.74) is 22.4. The first-order valence-electron chi connectivity index (χ1n) is 6.48. The van der Waals surface area contributed by atoms with E-state index in [1.54, 1.807) is 5.43 Å². The minimum atomic E-state index is -1.23. The van der Waals surface area contributed by atoms with Gasteiger partial charge in [0, 0.05) is 6.54 Å². The summed E-state index contributed by atoms with van der Waals surface area (Å²) >= 11 is 0. The monoisotopic (exact) mass is 332 g/mol. The van der Waals surface area contributed by atoms with Crippen LogP contribution in [0.3, 0.4) is 0 Å². The van der Waals surface area contributed by atoms with Gasteiger partial charge in [0.15, 0.2) is 5.03 Å². The molecule has 3 amide bonds. The Morgan fingerprint density at radius 3 is 2.30 bits per heavy atom. The van der Waals surface area contributed by atoms with Crippen LogP contribution in [0.25, 0.3) is 0 Å². The molecular formula is C10H20N8O5. The van der Waals surface area contributed by atoms with Crippen LogP contribution < -0.4 is 33.7 Å². The number of carbonyl (C=O) groups excluding carboxylic acids is 3. The van der Waals surface area contributed by atoms with Crippen molar-refractivity contribution in [1.29, 1.82) is 0 Å². The van der Waals surface area contributed by atoms with Crippen LogP contribution in [0.4, 0.5) is 0 Å². The molecular weight excluding hydrogens is 312 g/mol. The molecule has 0 heterocycles. The number of guanidine groups is 1. The standard InChI is InChI=1S/C10H20N8O5/c11-5(2-1-3-15-10(14)17-18(22)23)9(21)16-6(8(13)20)4-7(12)19/h5-6H,1-4,11H2,(H2,12,19)(H2,13,20)(H,16,21)(H3,14,15,17)/t5-,6-/m0/s1. The number of aliphatic imine (C=N–C) groups is 1. The predicted molar refractivity (Wildman–Crippen MR) is 78.8 cm³/mol. The summed E-state index contributed by atoms with van der Waals surface area (Å²) in [6, 6.07) is -2.21. The van der Waals surface area contributed by atoms with Crippen molar-refractivity contribution >= 4 is 23.7 Å². The number of carbonyl (C=O) groups is 3. The molecule has 0 aromatic carbocycles. The molecule has 0 fully saturated rings. The fourth-order valence-corrected chi connectivity index (χ4v) is 1.47. The molecule has 0 spiro atoms. The van der Waals surface area contributed by atoms with Gasteiger partial charge in [0.05, 0.1) is 12.5 Å². The lowest BCUT2D eigenvalue weighted by atomic mass is 10.1. The quantitative estimate of drug-likeness (QED) is 0.0756. The van der Waals surface area contributed by atoms with E-state index in [1.807, 2.05) is 0 Å². The van der Waals surface area contributed by atoms with E-state index in [4.69, 9.17) is 22.9 Å². The number of hydrogen-bond donors (Lipinski definition) is 6. The number of nitrogens with two attached hydrogens (primary N) is 4. The fraction of sp³-hybridized carbons (Fsp3) is 0.600. The largest absolute Gasteiger partial charge is 0.370 e. The molecule has 13 heteroatoms. The van der Waals surface area contributed by atoms with E-state index in [0.717, 1.165) is 0 Å². The third kappa shape index (κ3) is 9.57. The lowest BCUT2D eigenvalue weighted by Gasteiger charge is -2.17. The third-order valence-electron chi connectivity index (χ3n) is 2.56. The molecule has 0 bridgehead atoms. The van der Waals surface area contributed by atoms with Gasteiger partial charge in [0.25, 0.3) is 5.96 Å². The Labute approximate surface area is 130 Å². The van der Waals surface area contributed by atoms with E-state index in [9.17, 15) is 24.5 Å². The molecule has 0 unspecified atom stereocenters. The topological polar surface area (TPSA) is 235 Å². The summed E-state index contributed by atoms with van der Waals surface area (Å²) in [7, 11) is 0. The van der Waals surface area contributed by atoms with Crippen LogP contribution in [0.15, 0.2) is 4.99 Å². The molecule has 0 rings (SSSR count). The molecule has 0 saturated heterocycles. The molecule has 2 atom stereocenters. The van der Waals surface area contributed by atoms with E-state index in [1.165, 1.54) is 0 Å². The highest BCUT2D eigenvalue weighted by molar-refractivity contribution is 5.92. The second kappa shape index (κ2) is 9.88. The van der Waals surface area contributed by atoms with Crippen molar-refractivity contribution in [3.05, 3.63) is 10.1 Å². The summed E-state index contributed by atoms with van der Waals surface area (Å²) in [4.78, 5) is 47.3. The molecule has 0 aromatic rings. The number of nitro groups is 1. The molecule has 13 nitrogen and oxygen atoms in total. The Kier molecular flexibility index (Phi) is 8.61. The first-order chi connectivity index (χ1) is 10.6. The highest BCUT2D eigenvalue weighted by Gasteiger charge is 2.23. The number of rotatable bonds is 10. The minimum absolute atomic E-state index is 0.105. The van der Waals surface area contributed by atoms with Crippen molar-refractivity contribution in [2.75, 3.05) is 6.54 Å². The minimum Gasteiger partial charge on any atom is -0.370 e. The van der Waals surface area contributed by atoms with E-state index >= 15 is 0 Å². The molecule has 0 aliphatic carbocycles. The first-order valence-corrected chi connectivity index (χ1v) is 6.48. The van der Waals surface area contributed by atoms with Crippen LogP contribution in [-0.4, -0.2) is 47.3 Å². The highest BCUT2D eigenvalue weighted by Crippen LogP contribution is 1.98. The molecule has 0 aliphatic rings. The number of hydrazine groups is 1. The zero-order valence-electron chi connectivity index (χ0n) is 12.2. The van der Waals surface area contributed by atoms with E-state index in [-0.39, 0.29) is 18.9 Å². The fourth-order valence-electron chi connectivity index (χ4n) is 1.47. The van der Waals surface area contributed by atoms with Gasteiger partial charge in [-0.1, -0.05) is 5.43 Å². The van der Waals surface area contributed by atoms with Gasteiger partial charge in [-0.2, -0.15) is 0 Å². The number of primary amides is 2. The van der Waals surface area contributed by atoms with Crippen LogP contribution in [-0.2, 0) is 14.4 Å². The Balaban J connectivity index is 4.26. The average molecular weight is 332 g/mol. The van der Waals surface area contributed by atoms with Crippen molar-refractivity contribution in [1.82, 2.24) is 10.7 Å². The smallest absolute Gasteiger partial charge is 0.251 e. The second-order valence-electron chi connectivity index (χ2n) is 4.52. The Morgan fingerprint density at radius 2 is 1.83 bits per heavy atom. The van der Waals surface area contributed by atoms with Crippen LogP contribution in [0, 0.1) is 10.1 Å². The van der Waals surface area contributed by atoms with Crippen LogP contribution >= 0.6 is 0 Å². The van der Waals surface area contributed by atoms with Crippen molar-refractivity contribution in [2.24, 2.45) is 27.9 Å². The number of nitrogens with one attached hydrogen (secondary N) is 2. The summed E-state index contributed by atoms with van der Waals surface area (Å²) in [6.07, 6.45) is 0.0516. The SMILES string of the molecule is NC(=O)C[C@H](NC(=O)[C@@H](N)CCCN=C(N)N[N+](=O)[O-])C(N)=O. The summed E-state index contributed by atoms with van der Waals surface area (Å²) < 4.78 is 0. The molecule has 0 aliphatic heterocycles. The zero-order chi connectivity index (χ0) is 18.0. The lowest BCUT2D eigenvalue weighted by Crippen LogP contribution is -2.51. The van der Waals surface area contributed by atoms with Gasteiger partial charge in [-0.25, -0.2) is 15.1 Å². The zero-order valence-corrected chi connectivity index (χ0v) is 12.2. The van der Waals surface area contributed by atoms with Crippen LogP contribution in [0.5, 0.6) is 0 Å². The van der Waals surface area contributed by atoms with Gasteiger partial charge in [-0.3, -0.25) is 14.4 Å². The van der Waals surface area contributed by atoms with Gasteiger partial charge < -0.3 is 28.3 Å².